The summed E-state index contributed by atoms with van der Waals surface area (Å²) in [7, 11) is 0. The lowest BCUT2D eigenvalue weighted by Gasteiger charge is -2.36. The second kappa shape index (κ2) is 8.04. The molecular weight excluding hydrogens is 356 g/mol. The molecule has 1 aromatic carbocycles. The first-order chi connectivity index (χ1) is 13.3. The smallest absolute Gasteiger partial charge is 0.408 e. The number of amides is 2. The lowest BCUT2D eigenvalue weighted by Crippen LogP contribution is -2.45. The van der Waals surface area contributed by atoms with Crippen molar-refractivity contribution in [3.8, 4) is 0 Å². The molecule has 150 valence electrons. The van der Waals surface area contributed by atoms with Crippen molar-refractivity contribution in [2.75, 3.05) is 11.4 Å². The Morgan fingerprint density at radius 1 is 1.32 bits per heavy atom. The van der Waals surface area contributed by atoms with Crippen LogP contribution in [-0.4, -0.2) is 34.1 Å². The van der Waals surface area contributed by atoms with Gasteiger partial charge in [-0.05, 0) is 51.7 Å². The zero-order chi connectivity index (χ0) is 20.3. The number of aromatic nitrogens is 2. The van der Waals surface area contributed by atoms with Gasteiger partial charge in [0.1, 0.15) is 18.0 Å². The Labute approximate surface area is 165 Å². The van der Waals surface area contributed by atoms with Crippen molar-refractivity contribution in [1.82, 2.24) is 15.3 Å². The summed E-state index contributed by atoms with van der Waals surface area (Å²) in [5.41, 5.74) is 2.40. The maximum atomic E-state index is 13.1. The number of H-pyrrole nitrogens is 1. The van der Waals surface area contributed by atoms with E-state index in [2.05, 4.69) is 22.2 Å². The van der Waals surface area contributed by atoms with Crippen molar-refractivity contribution >= 4 is 17.7 Å². The third-order valence-electron chi connectivity index (χ3n) is 4.65. The van der Waals surface area contributed by atoms with Crippen molar-refractivity contribution in [1.29, 1.82) is 0 Å². The molecule has 1 unspecified atom stereocenters. The van der Waals surface area contributed by atoms with E-state index in [9.17, 15) is 9.59 Å². The topological polar surface area (TPSA) is 87.3 Å². The molecular formula is C21H28N4O3. The number of anilines is 1. The summed E-state index contributed by atoms with van der Waals surface area (Å²) in [5.74, 6) is 0.578. The van der Waals surface area contributed by atoms with Gasteiger partial charge in [0.2, 0.25) is 5.91 Å². The fraction of sp³-hybridized carbons (Fsp3) is 0.476. The summed E-state index contributed by atoms with van der Waals surface area (Å²) >= 11 is 0. The fourth-order valence-corrected chi connectivity index (χ4v) is 3.39. The minimum atomic E-state index is -0.613. The van der Waals surface area contributed by atoms with Gasteiger partial charge in [-0.1, -0.05) is 25.1 Å². The van der Waals surface area contributed by atoms with Crippen molar-refractivity contribution in [2.24, 2.45) is 0 Å². The van der Waals surface area contributed by atoms with Gasteiger partial charge in [-0.25, -0.2) is 9.78 Å². The number of benzene rings is 1. The van der Waals surface area contributed by atoms with Crippen LogP contribution in [0, 0.1) is 0 Å². The number of para-hydroxylation sites is 1. The summed E-state index contributed by atoms with van der Waals surface area (Å²) in [6.45, 7) is 7.27. The maximum Gasteiger partial charge on any atom is 0.408 e. The molecule has 0 bridgehead atoms. The number of aryl methyl sites for hydroxylation is 2. The number of aromatic amines is 1. The third kappa shape index (κ3) is 4.52. The van der Waals surface area contributed by atoms with Crippen LogP contribution in [0.5, 0.6) is 0 Å². The molecule has 0 spiro atoms. The summed E-state index contributed by atoms with van der Waals surface area (Å²) < 4.78 is 5.23. The van der Waals surface area contributed by atoms with E-state index in [4.69, 9.17) is 4.74 Å². The molecule has 1 aliphatic heterocycles. The zero-order valence-electron chi connectivity index (χ0n) is 16.9. The molecule has 0 saturated heterocycles. The SMILES string of the molecule is CCc1cnc(C2CCc3ccccc3N2C(=O)CNC(=O)OC(C)(C)C)[nH]1. The average molecular weight is 384 g/mol. The molecule has 2 N–H and O–H groups in total. The number of hydrogen-bond donors (Lipinski definition) is 2. The van der Waals surface area contributed by atoms with Gasteiger partial charge in [-0.2, -0.15) is 0 Å². The Morgan fingerprint density at radius 3 is 2.75 bits per heavy atom. The van der Waals surface area contributed by atoms with Gasteiger partial charge in [0.05, 0.1) is 6.04 Å². The van der Waals surface area contributed by atoms with Gasteiger partial charge in [-0.3, -0.25) is 9.69 Å². The molecule has 2 aromatic rings. The summed E-state index contributed by atoms with van der Waals surface area (Å²) in [6, 6.07) is 7.68. The van der Waals surface area contributed by atoms with Crippen molar-refractivity contribution < 1.29 is 14.3 Å². The highest BCUT2D eigenvalue weighted by atomic mass is 16.6. The van der Waals surface area contributed by atoms with E-state index < -0.39 is 11.7 Å². The van der Waals surface area contributed by atoms with E-state index in [1.165, 1.54) is 0 Å². The molecule has 2 amide bonds. The molecule has 1 atom stereocenters. The highest BCUT2D eigenvalue weighted by molar-refractivity contribution is 5.97. The molecule has 3 rings (SSSR count). The predicted octanol–water partition coefficient (Wildman–Crippen LogP) is 3.52. The van der Waals surface area contributed by atoms with E-state index in [0.29, 0.717) is 0 Å². The fourth-order valence-electron chi connectivity index (χ4n) is 3.39. The van der Waals surface area contributed by atoms with Gasteiger partial charge in [0, 0.05) is 17.6 Å². The Balaban J connectivity index is 1.82. The first kappa shape index (κ1) is 19.9. The Hall–Kier alpha value is -2.83. The molecule has 0 aliphatic carbocycles. The van der Waals surface area contributed by atoms with Crippen LogP contribution in [-0.2, 0) is 22.4 Å². The molecule has 0 radical (unpaired) electrons. The second-order valence-corrected chi connectivity index (χ2v) is 7.95. The van der Waals surface area contributed by atoms with Crippen LogP contribution in [0.1, 0.15) is 57.2 Å². The number of fused-ring (bicyclic) bond motifs is 1. The standard InChI is InChI=1S/C21H28N4O3/c1-5-15-12-22-19(24-15)17-11-10-14-8-6-7-9-16(14)25(17)18(26)13-23-20(27)28-21(2,3)4/h6-9,12,17H,5,10-11,13H2,1-4H3,(H,22,24)(H,23,27). The number of carbonyl (C=O) groups is 2. The molecule has 1 aromatic heterocycles. The highest BCUT2D eigenvalue weighted by Crippen LogP contribution is 2.37. The van der Waals surface area contributed by atoms with E-state index in [0.717, 1.165) is 42.0 Å². The van der Waals surface area contributed by atoms with E-state index >= 15 is 0 Å². The number of carbonyl (C=O) groups excluding carboxylic acids is 2. The maximum absolute atomic E-state index is 13.1. The van der Waals surface area contributed by atoms with Crippen LogP contribution in [0.15, 0.2) is 30.5 Å². The van der Waals surface area contributed by atoms with Crippen LogP contribution < -0.4 is 10.2 Å². The summed E-state index contributed by atoms with van der Waals surface area (Å²) in [5, 5.41) is 2.57. The molecule has 28 heavy (non-hydrogen) atoms. The van der Waals surface area contributed by atoms with Crippen molar-refractivity contribution in [3.63, 3.8) is 0 Å². The molecule has 0 fully saturated rings. The van der Waals surface area contributed by atoms with Crippen LogP contribution in [0.3, 0.4) is 0 Å². The number of nitrogens with one attached hydrogen (secondary N) is 2. The number of imidazole rings is 1. The van der Waals surface area contributed by atoms with E-state index in [-0.39, 0.29) is 18.5 Å². The Bertz CT molecular complexity index is 853. The number of alkyl carbamates (subject to hydrolysis) is 1. The molecule has 2 heterocycles. The van der Waals surface area contributed by atoms with Gasteiger partial charge in [0.25, 0.3) is 0 Å². The van der Waals surface area contributed by atoms with Gasteiger partial charge in [-0.15, -0.1) is 0 Å². The van der Waals surface area contributed by atoms with Gasteiger partial charge in [0.15, 0.2) is 0 Å². The van der Waals surface area contributed by atoms with Crippen LogP contribution in [0.4, 0.5) is 10.5 Å². The number of rotatable bonds is 4. The molecule has 0 saturated carbocycles. The summed E-state index contributed by atoms with van der Waals surface area (Å²) in [6.07, 6.45) is 3.70. The van der Waals surface area contributed by atoms with Crippen LogP contribution >= 0.6 is 0 Å². The number of hydrogen-bond acceptors (Lipinski definition) is 4. The minimum Gasteiger partial charge on any atom is -0.444 e. The van der Waals surface area contributed by atoms with Crippen molar-refractivity contribution in [3.05, 3.63) is 47.5 Å². The van der Waals surface area contributed by atoms with Crippen LogP contribution in [0.25, 0.3) is 0 Å². The summed E-state index contributed by atoms with van der Waals surface area (Å²) in [4.78, 5) is 34.6. The van der Waals surface area contributed by atoms with Gasteiger partial charge < -0.3 is 15.0 Å². The monoisotopic (exact) mass is 384 g/mol. The minimum absolute atomic E-state index is 0.138. The number of nitrogens with zero attached hydrogens (tertiary/aromatic N) is 2. The quantitative estimate of drug-likeness (QED) is 0.844. The van der Waals surface area contributed by atoms with E-state index in [1.807, 2.05) is 30.5 Å². The van der Waals surface area contributed by atoms with E-state index in [1.54, 1.807) is 25.7 Å². The molecule has 7 nitrogen and oxygen atoms in total. The lowest BCUT2D eigenvalue weighted by molar-refractivity contribution is -0.118. The second-order valence-electron chi connectivity index (χ2n) is 7.95. The highest BCUT2D eigenvalue weighted by Gasteiger charge is 2.33. The molecule has 1 aliphatic rings. The average Bonchev–Trinajstić information content (AvgIpc) is 3.13. The third-order valence-corrected chi connectivity index (χ3v) is 4.65. The zero-order valence-corrected chi connectivity index (χ0v) is 16.9. The number of ether oxygens (including phenoxy) is 1. The Kier molecular flexibility index (Phi) is 5.72. The predicted molar refractivity (Wildman–Crippen MR) is 107 cm³/mol. The first-order valence-electron chi connectivity index (χ1n) is 9.69. The largest absolute Gasteiger partial charge is 0.444 e. The molecule has 7 heteroatoms. The van der Waals surface area contributed by atoms with Gasteiger partial charge >= 0.3 is 6.09 Å². The Morgan fingerprint density at radius 2 is 2.07 bits per heavy atom. The van der Waals surface area contributed by atoms with Crippen LogP contribution in [0.2, 0.25) is 0 Å². The van der Waals surface area contributed by atoms with Crippen molar-refractivity contribution in [2.45, 2.75) is 58.6 Å². The first-order valence-corrected chi connectivity index (χ1v) is 9.69. The lowest BCUT2D eigenvalue weighted by atomic mass is 9.95. The normalized spacial score (nSPS) is 16.4.